The largest absolute Gasteiger partial charge is 0.459 e. The standard InChI is InChI=1S/C13H25NO3/c1-3-6-10-7-4-5-8-11(14)13(16)17-9(2)12(10)15/h9-12,15H,3-8,14H2,1-2H3/t9-,10-,11-,12-/m0/s1. The van der Waals surface area contributed by atoms with Gasteiger partial charge in [-0.3, -0.25) is 4.79 Å². The number of hydrogen-bond acceptors (Lipinski definition) is 4. The Balaban J connectivity index is 2.66. The van der Waals surface area contributed by atoms with Crippen LogP contribution in [0.1, 0.15) is 52.4 Å². The van der Waals surface area contributed by atoms with E-state index in [1.54, 1.807) is 6.92 Å². The maximum Gasteiger partial charge on any atom is 0.323 e. The summed E-state index contributed by atoms with van der Waals surface area (Å²) in [7, 11) is 0. The maximum atomic E-state index is 11.6. The predicted molar refractivity (Wildman–Crippen MR) is 66.4 cm³/mol. The first-order chi connectivity index (χ1) is 8.06. The summed E-state index contributed by atoms with van der Waals surface area (Å²) in [4.78, 5) is 11.6. The topological polar surface area (TPSA) is 72.6 Å². The first-order valence-electron chi connectivity index (χ1n) is 6.70. The van der Waals surface area contributed by atoms with Crippen molar-refractivity contribution in [3.05, 3.63) is 0 Å². The van der Waals surface area contributed by atoms with E-state index in [0.717, 1.165) is 32.1 Å². The summed E-state index contributed by atoms with van der Waals surface area (Å²) in [6.07, 6.45) is 4.63. The van der Waals surface area contributed by atoms with Crippen LogP contribution in [0.15, 0.2) is 0 Å². The Hall–Kier alpha value is -0.610. The van der Waals surface area contributed by atoms with Crippen LogP contribution in [0, 0.1) is 5.92 Å². The number of cyclic esters (lactones) is 1. The molecule has 0 amide bonds. The van der Waals surface area contributed by atoms with Gasteiger partial charge in [0.1, 0.15) is 12.1 Å². The van der Waals surface area contributed by atoms with Gasteiger partial charge in [-0.1, -0.05) is 26.2 Å². The van der Waals surface area contributed by atoms with Crippen LogP contribution in [-0.2, 0) is 9.53 Å². The van der Waals surface area contributed by atoms with Gasteiger partial charge in [0.2, 0.25) is 0 Å². The van der Waals surface area contributed by atoms with E-state index in [-0.39, 0.29) is 11.9 Å². The molecule has 0 saturated carbocycles. The van der Waals surface area contributed by atoms with Crippen molar-refractivity contribution in [3.8, 4) is 0 Å². The molecule has 1 heterocycles. The van der Waals surface area contributed by atoms with Gasteiger partial charge in [0, 0.05) is 0 Å². The Kier molecular flexibility index (Phi) is 5.92. The molecule has 1 aliphatic rings. The van der Waals surface area contributed by atoms with Crippen molar-refractivity contribution in [2.75, 3.05) is 0 Å². The summed E-state index contributed by atoms with van der Waals surface area (Å²) in [5.74, 6) is -0.147. The third kappa shape index (κ3) is 4.28. The number of rotatable bonds is 2. The number of aliphatic hydroxyl groups is 1. The minimum absolute atomic E-state index is 0.233. The highest BCUT2D eigenvalue weighted by atomic mass is 16.6. The van der Waals surface area contributed by atoms with Crippen LogP contribution in [0.5, 0.6) is 0 Å². The van der Waals surface area contributed by atoms with Gasteiger partial charge in [0.25, 0.3) is 0 Å². The monoisotopic (exact) mass is 243 g/mol. The van der Waals surface area contributed by atoms with Crippen molar-refractivity contribution >= 4 is 5.97 Å². The van der Waals surface area contributed by atoms with Crippen LogP contribution in [-0.4, -0.2) is 29.3 Å². The summed E-state index contributed by atoms with van der Waals surface area (Å²) in [6, 6.07) is -0.535. The lowest BCUT2D eigenvalue weighted by atomic mass is 9.88. The zero-order valence-electron chi connectivity index (χ0n) is 10.9. The lowest BCUT2D eigenvalue weighted by Crippen LogP contribution is -2.41. The quantitative estimate of drug-likeness (QED) is 0.722. The molecule has 0 aromatic carbocycles. The SMILES string of the molecule is CCC[C@H]1CCCC[C@H](N)C(=O)O[C@@H](C)[C@@H]1O. The fourth-order valence-corrected chi connectivity index (χ4v) is 2.47. The van der Waals surface area contributed by atoms with E-state index in [2.05, 4.69) is 6.92 Å². The van der Waals surface area contributed by atoms with Crippen LogP contribution in [0.25, 0.3) is 0 Å². The highest BCUT2D eigenvalue weighted by Crippen LogP contribution is 2.24. The molecule has 0 radical (unpaired) electrons. The van der Waals surface area contributed by atoms with Gasteiger partial charge >= 0.3 is 5.97 Å². The van der Waals surface area contributed by atoms with Crippen molar-refractivity contribution in [1.29, 1.82) is 0 Å². The van der Waals surface area contributed by atoms with Gasteiger partial charge in [-0.2, -0.15) is 0 Å². The zero-order valence-corrected chi connectivity index (χ0v) is 10.9. The predicted octanol–water partition coefficient (Wildman–Crippen LogP) is 1.60. The molecule has 0 bridgehead atoms. The summed E-state index contributed by atoms with van der Waals surface area (Å²) >= 11 is 0. The molecule has 1 saturated heterocycles. The summed E-state index contributed by atoms with van der Waals surface area (Å²) < 4.78 is 5.21. The molecule has 100 valence electrons. The Morgan fingerprint density at radius 1 is 1.41 bits per heavy atom. The minimum Gasteiger partial charge on any atom is -0.459 e. The Morgan fingerprint density at radius 3 is 2.71 bits per heavy atom. The summed E-state index contributed by atoms with van der Waals surface area (Å²) in [5.41, 5.74) is 5.71. The zero-order chi connectivity index (χ0) is 12.8. The van der Waals surface area contributed by atoms with Crippen molar-refractivity contribution in [3.63, 3.8) is 0 Å². The lowest BCUT2D eigenvalue weighted by molar-refractivity contribution is -0.158. The van der Waals surface area contributed by atoms with Gasteiger partial charge in [-0.25, -0.2) is 0 Å². The second-order valence-electron chi connectivity index (χ2n) is 5.07. The maximum absolute atomic E-state index is 11.6. The molecular weight excluding hydrogens is 218 g/mol. The van der Waals surface area contributed by atoms with Crippen molar-refractivity contribution in [1.82, 2.24) is 0 Å². The fraction of sp³-hybridized carbons (Fsp3) is 0.923. The van der Waals surface area contributed by atoms with E-state index >= 15 is 0 Å². The number of esters is 1. The van der Waals surface area contributed by atoms with E-state index in [4.69, 9.17) is 10.5 Å². The Morgan fingerprint density at radius 2 is 2.06 bits per heavy atom. The Bertz CT molecular complexity index is 245. The number of ether oxygens (including phenoxy) is 1. The molecule has 4 atom stereocenters. The molecule has 0 spiro atoms. The molecule has 17 heavy (non-hydrogen) atoms. The van der Waals surface area contributed by atoms with E-state index in [0.29, 0.717) is 6.42 Å². The second-order valence-corrected chi connectivity index (χ2v) is 5.07. The van der Waals surface area contributed by atoms with Crippen LogP contribution >= 0.6 is 0 Å². The van der Waals surface area contributed by atoms with Crippen LogP contribution < -0.4 is 5.73 Å². The van der Waals surface area contributed by atoms with E-state index in [9.17, 15) is 9.90 Å². The first kappa shape index (κ1) is 14.5. The average molecular weight is 243 g/mol. The minimum atomic E-state index is -0.566. The molecule has 0 aromatic heterocycles. The smallest absolute Gasteiger partial charge is 0.323 e. The molecule has 1 fully saturated rings. The molecule has 3 N–H and O–H groups in total. The first-order valence-corrected chi connectivity index (χ1v) is 6.70. The molecule has 0 aromatic rings. The molecule has 0 unspecified atom stereocenters. The van der Waals surface area contributed by atoms with Gasteiger partial charge in [-0.05, 0) is 32.1 Å². The third-order valence-corrected chi connectivity index (χ3v) is 3.57. The molecule has 1 rings (SSSR count). The molecule has 1 aliphatic heterocycles. The number of hydrogen-bond donors (Lipinski definition) is 2. The molecule has 4 heteroatoms. The van der Waals surface area contributed by atoms with Crippen molar-refractivity contribution < 1.29 is 14.6 Å². The number of carbonyl (C=O) groups is 1. The molecule has 0 aliphatic carbocycles. The van der Waals surface area contributed by atoms with Crippen LogP contribution in [0.3, 0.4) is 0 Å². The fourth-order valence-electron chi connectivity index (χ4n) is 2.47. The lowest BCUT2D eigenvalue weighted by Gasteiger charge is -2.29. The van der Waals surface area contributed by atoms with E-state index in [1.165, 1.54) is 0 Å². The van der Waals surface area contributed by atoms with Gasteiger partial charge < -0.3 is 15.6 Å². The van der Waals surface area contributed by atoms with Crippen molar-refractivity contribution in [2.24, 2.45) is 11.7 Å². The third-order valence-electron chi connectivity index (χ3n) is 3.57. The summed E-state index contributed by atoms with van der Waals surface area (Å²) in [6.45, 7) is 3.86. The second kappa shape index (κ2) is 6.97. The van der Waals surface area contributed by atoms with E-state index < -0.39 is 18.2 Å². The van der Waals surface area contributed by atoms with Crippen LogP contribution in [0.2, 0.25) is 0 Å². The number of carbonyl (C=O) groups excluding carboxylic acids is 1. The van der Waals surface area contributed by atoms with Gasteiger partial charge in [0.05, 0.1) is 6.10 Å². The van der Waals surface area contributed by atoms with Crippen LogP contribution in [0.4, 0.5) is 0 Å². The number of aliphatic hydroxyl groups excluding tert-OH is 1. The molecular formula is C13H25NO3. The molecule has 4 nitrogen and oxygen atoms in total. The normalized spacial score (nSPS) is 36.4. The van der Waals surface area contributed by atoms with E-state index in [1.807, 2.05) is 0 Å². The highest BCUT2D eigenvalue weighted by molar-refractivity contribution is 5.75. The van der Waals surface area contributed by atoms with Crippen molar-refractivity contribution in [2.45, 2.75) is 70.6 Å². The number of nitrogens with two attached hydrogens (primary N) is 1. The summed E-state index contributed by atoms with van der Waals surface area (Å²) in [5, 5.41) is 10.2. The Labute approximate surface area is 104 Å². The highest BCUT2D eigenvalue weighted by Gasteiger charge is 2.29. The van der Waals surface area contributed by atoms with Gasteiger partial charge in [0.15, 0.2) is 0 Å². The average Bonchev–Trinajstić information content (AvgIpc) is 2.30. The van der Waals surface area contributed by atoms with Gasteiger partial charge in [-0.15, -0.1) is 0 Å².